The molecule has 118 valence electrons. The van der Waals surface area contributed by atoms with E-state index in [9.17, 15) is 4.79 Å². The van der Waals surface area contributed by atoms with Gasteiger partial charge in [-0.3, -0.25) is 4.79 Å². The molecule has 4 bridgehead atoms. The van der Waals surface area contributed by atoms with Crippen molar-refractivity contribution in [3.63, 3.8) is 0 Å². The van der Waals surface area contributed by atoms with Crippen LogP contribution in [-0.2, 0) is 4.79 Å². The van der Waals surface area contributed by atoms with E-state index in [1.807, 2.05) is 0 Å². The number of nitrogens with zero attached hydrogens (tertiary/aromatic N) is 1. The highest BCUT2D eigenvalue weighted by Gasteiger charge is 2.58. The molecule has 0 spiro atoms. The first kappa shape index (κ1) is 14.7. The van der Waals surface area contributed by atoms with E-state index in [4.69, 9.17) is 10.9 Å². The number of hydrogen-bond acceptors (Lipinski definition) is 3. The Morgan fingerprint density at radius 1 is 1.33 bits per heavy atom. The van der Waals surface area contributed by atoms with Crippen molar-refractivity contribution in [2.24, 2.45) is 33.6 Å². The normalized spacial score (nSPS) is 41.3. The number of carbonyl (C=O) groups is 1. The van der Waals surface area contributed by atoms with Gasteiger partial charge in [-0.2, -0.15) is 0 Å². The number of nitrogens with one attached hydrogen (secondary N) is 1. The highest BCUT2D eigenvalue weighted by Crippen LogP contribution is 2.65. The summed E-state index contributed by atoms with van der Waals surface area (Å²) in [4.78, 5) is 12.7. The smallest absolute Gasteiger partial charge is 0.226 e. The van der Waals surface area contributed by atoms with E-state index in [2.05, 4.69) is 17.4 Å². The molecule has 0 aliphatic heterocycles. The molecule has 0 aromatic heterocycles. The minimum atomic E-state index is -0.102. The van der Waals surface area contributed by atoms with Crippen LogP contribution in [0.25, 0.3) is 0 Å². The number of oxime groups is 1. The van der Waals surface area contributed by atoms with E-state index in [1.165, 1.54) is 19.3 Å². The lowest BCUT2D eigenvalue weighted by Crippen LogP contribution is -2.56. The summed E-state index contributed by atoms with van der Waals surface area (Å²) in [6.45, 7) is 2.99. The molecule has 5 heteroatoms. The fourth-order valence-electron chi connectivity index (χ4n) is 5.69. The van der Waals surface area contributed by atoms with E-state index >= 15 is 0 Å². The summed E-state index contributed by atoms with van der Waals surface area (Å²) in [5.74, 6) is 2.01. The van der Waals surface area contributed by atoms with Gasteiger partial charge >= 0.3 is 0 Å². The maximum atomic E-state index is 12.7. The zero-order valence-electron chi connectivity index (χ0n) is 12.9. The molecule has 0 aromatic rings. The molecule has 1 amide bonds. The van der Waals surface area contributed by atoms with E-state index in [-0.39, 0.29) is 17.2 Å². The Morgan fingerprint density at radius 3 is 2.57 bits per heavy atom. The van der Waals surface area contributed by atoms with Crippen molar-refractivity contribution in [1.82, 2.24) is 5.32 Å². The number of carbonyl (C=O) groups excluding carboxylic acids is 1. The molecule has 4 rings (SSSR count). The molecule has 0 heterocycles. The van der Waals surface area contributed by atoms with E-state index in [0.717, 1.165) is 37.5 Å². The van der Waals surface area contributed by atoms with E-state index in [0.29, 0.717) is 18.4 Å². The molecule has 0 saturated heterocycles. The standard InChI is InChI=1S/C16H27N3O2/c1-15-6-11-5-12(7-15)9-16(8-11,10-15)14(20)18-4-2-3-13(17)19-21/h11-12,21H,2-10H2,1H3,(H2,17,19)(H,18,20). The quantitative estimate of drug-likeness (QED) is 0.239. The molecule has 0 aromatic carbocycles. The highest BCUT2D eigenvalue weighted by molar-refractivity contribution is 5.83. The van der Waals surface area contributed by atoms with Gasteiger partial charge in [0.15, 0.2) is 0 Å². The Bertz CT molecular complexity index is 446. The minimum Gasteiger partial charge on any atom is -0.409 e. The second-order valence-electron chi connectivity index (χ2n) is 8.00. The van der Waals surface area contributed by atoms with Crippen LogP contribution in [0.1, 0.15) is 58.3 Å². The molecule has 5 nitrogen and oxygen atoms in total. The Kier molecular flexibility index (Phi) is 3.62. The van der Waals surface area contributed by atoms with Gasteiger partial charge in [0.2, 0.25) is 5.91 Å². The van der Waals surface area contributed by atoms with Crippen LogP contribution < -0.4 is 11.1 Å². The fraction of sp³-hybridized carbons (Fsp3) is 0.875. The number of hydrogen-bond donors (Lipinski definition) is 3. The van der Waals surface area contributed by atoms with Crippen molar-refractivity contribution in [3.8, 4) is 0 Å². The summed E-state index contributed by atoms with van der Waals surface area (Å²) < 4.78 is 0. The second kappa shape index (κ2) is 5.18. The first-order valence-electron chi connectivity index (χ1n) is 8.19. The minimum absolute atomic E-state index is 0.102. The lowest BCUT2D eigenvalue weighted by molar-refractivity contribution is -0.155. The van der Waals surface area contributed by atoms with Crippen LogP contribution in [0.3, 0.4) is 0 Å². The van der Waals surface area contributed by atoms with Crippen LogP contribution in [0.4, 0.5) is 0 Å². The van der Waals surface area contributed by atoms with Gasteiger partial charge in [-0.15, -0.1) is 0 Å². The first-order chi connectivity index (χ1) is 9.95. The predicted octanol–water partition coefficient (Wildman–Crippen LogP) is 2.24. The van der Waals surface area contributed by atoms with Crippen LogP contribution >= 0.6 is 0 Å². The van der Waals surface area contributed by atoms with Crippen molar-refractivity contribution in [1.29, 1.82) is 0 Å². The molecule has 4 aliphatic carbocycles. The molecular weight excluding hydrogens is 266 g/mol. The average Bonchev–Trinajstić information content (AvgIpc) is 2.40. The maximum Gasteiger partial charge on any atom is 0.226 e. The summed E-state index contributed by atoms with van der Waals surface area (Å²) >= 11 is 0. The topological polar surface area (TPSA) is 87.7 Å². The number of amidine groups is 1. The summed E-state index contributed by atoms with van der Waals surface area (Å²) in [5.41, 5.74) is 5.74. The number of amides is 1. The van der Waals surface area contributed by atoms with Crippen LogP contribution in [0.5, 0.6) is 0 Å². The summed E-state index contributed by atoms with van der Waals surface area (Å²) in [5, 5.41) is 14.6. The lowest BCUT2D eigenvalue weighted by atomic mass is 9.44. The van der Waals surface area contributed by atoms with Crippen LogP contribution in [0.2, 0.25) is 0 Å². The third-order valence-electron chi connectivity index (χ3n) is 5.86. The molecule has 4 fully saturated rings. The van der Waals surface area contributed by atoms with Gasteiger partial charge in [0, 0.05) is 13.0 Å². The maximum absolute atomic E-state index is 12.7. The number of rotatable bonds is 5. The van der Waals surface area contributed by atoms with Crippen molar-refractivity contribution >= 4 is 11.7 Å². The third kappa shape index (κ3) is 2.74. The van der Waals surface area contributed by atoms with Crippen LogP contribution in [-0.4, -0.2) is 23.5 Å². The first-order valence-corrected chi connectivity index (χ1v) is 8.19. The van der Waals surface area contributed by atoms with Crippen LogP contribution in [0.15, 0.2) is 5.16 Å². The van der Waals surface area contributed by atoms with Gasteiger partial charge in [0.25, 0.3) is 0 Å². The van der Waals surface area contributed by atoms with Gasteiger partial charge in [-0.1, -0.05) is 12.1 Å². The highest BCUT2D eigenvalue weighted by atomic mass is 16.4. The molecular formula is C16H27N3O2. The summed E-state index contributed by atoms with van der Waals surface area (Å²) in [7, 11) is 0. The Hall–Kier alpha value is -1.26. The molecule has 4 N–H and O–H groups in total. The Balaban J connectivity index is 1.57. The monoisotopic (exact) mass is 293 g/mol. The predicted molar refractivity (Wildman–Crippen MR) is 80.9 cm³/mol. The lowest BCUT2D eigenvalue weighted by Gasteiger charge is -2.60. The molecule has 21 heavy (non-hydrogen) atoms. The van der Waals surface area contributed by atoms with Crippen molar-refractivity contribution in [3.05, 3.63) is 0 Å². The second-order valence-corrected chi connectivity index (χ2v) is 8.00. The molecule has 2 unspecified atom stereocenters. The molecule has 4 aliphatic rings. The van der Waals surface area contributed by atoms with Gasteiger partial charge in [-0.05, 0) is 62.2 Å². The SMILES string of the molecule is CC12CC3CC(C1)CC(C(=O)NCCCC(N)=NO)(C3)C2. The van der Waals surface area contributed by atoms with Gasteiger partial charge < -0.3 is 16.3 Å². The third-order valence-corrected chi connectivity index (χ3v) is 5.86. The number of nitrogens with two attached hydrogens (primary N) is 1. The fourth-order valence-corrected chi connectivity index (χ4v) is 5.69. The zero-order valence-corrected chi connectivity index (χ0v) is 12.9. The van der Waals surface area contributed by atoms with Gasteiger partial charge in [0.05, 0.1) is 5.41 Å². The van der Waals surface area contributed by atoms with Crippen molar-refractivity contribution in [2.45, 2.75) is 58.3 Å². The Labute approximate surface area is 126 Å². The van der Waals surface area contributed by atoms with Crippen molar-refractivity contribution < 1.29 is 10.0 Å². The molecule has 4 saturated carbocycles. The zero-order chi connectivity index (χ0) is 15.1. The van der Waals surface area contributed by atoms with Crippen molar-refractivity contribution in [2.75, 3.05) is 6.54 Å². The average molecular weight is 293 g/mol. The molecule has 0 radical (unpaired) electrons. The largest absolute Gasteiger partial charge is 0.409 e. The summed E-state index contributed by atoms with van der Waals surface area (Å²) in [6.07, 6.45) is 8.47. The van der Waals surface area contributed by atoms with Gasteiger partial charge in [-0.25, -0.2) is 0 Å². The van der Waals surface area contributed by atoms with E-state index in [1.54, 1.807) is 0 Å². The van der Waals surface area contributed by atoms with E-state index < -0.39 is 0 Å². The summed E-state index contributed by atoms with van der Waals surface area (Å²) in [6, 6.07) is 0. The van der Waals surface area contributed by atoms with Gasteiger partial charge in [0.1, 0.15) is 5.84 Å². The molecule has 2 atom stereocenters. The van der Waals surface area contributed by atoms with Crippen LogP contribution in [0, 0.1) is 22.7 Å². The Morgan fingerprint density at radius 2 is 2.00 bits per heavy atom.